The van der Waals surface area contributed by atoms with Crippen molar-refractivity contribution >= 4 is 23.0 Å². The van der Waals surface area contributed by atoms with Crippen LogP contribution in [0, 0.1) is 0 Å². The van der Waals surface area contributed by atoms with E-state index in [1.54, 1.807) is 35.8 Å². The van der Waals surface area contributed by atoms with E-state index in [0.29, 0.717) is 22.9 Å². The normalized spacial score (nSPS) is 10.7. The molecule has 0 aliphatic heterocycles. The van der Waals surface area contributed by atoms with Crippen LogP contribution in [0.15, 0.2) is 70.0 Å². The molecule has 3 N–H and O–H groups in total. The Morgan fingerprint density at radius 3 is 2.68 bits per heavy atom. The highest BCUT2D eigenvalue weighted by molar-refractivity contribution is 7.08. The topological polar surface area (TPSA) is 98.6 Å². The summed E-state index contributed by atoms with van der Waals surface area (Å²) in [6, 6.07) is 14.0. The maximum Gasteiger partial charge on any atom is 0.335 e. The summed E-state index contributed by atoms with van der Waals surface area (Å²) in [5.74, 6) is -0.0330. The van der Waals surface area contributed by atoms with E-state index in [4.69, 9.17) is 20.0 Å². The molecule has 3 aromatic heterocycles. The van der Waals surface area contributed by atoms with Crippen molar-refractivity contribution in [3.63, 3.8) is 0 Å². The number of hydrogen-bond acceptors (Lipinski definition) is 6. The fraction of sp³-hybridized carbons (Fsp3) is 0.0476. The summed E-state index contributed by atoms with van der Waals surface area (Å²) in [4.78, 5) is 15.5. The molecule has 1 aromatic carbocycles. The Balaban J connectivity index is 1.66. The zero-order valence-electron chi connectivity index (χ0n) is 14.7. The molecule has 0 unspecified atom stereocenters. The van der Waals surface area contributed by atoms with Crippen molar-refractivity contribution in [2.45, 2.75) is 6.61 Å². The van der Waals surface area contributed by atoms with Gasteiger partial charge < -0.3 is 20.0 Å². The summed E-state index contributed by atoms with van der Waals surface area (Å²) in [5, 5.41) is 13.0. The SMILES string of the molecule is Nc1c(-c2ccco2)cc(-c2ccsc2)nc1OCc1ccc(C(=O)O)cc1. The molecule has 0 fully saturated rings. The van der Waals surface area contributed by atoms with Crippen LogP contribution in [-0.4, -0.2) is 16.1 Å². The van der Waals surface area contributed by atoms with Gasteiger partial charge in [0.15, 0.2) is 0 Å². The van der Waals surface area contributed by atoms with E-state index in [0.717, 1.165) is 16.8 Å². The van der Waals surface area contributed by atoms with E-state index >= 15 is 0 Å². The lowest BCUT2D eigenvalue weighted by Crippen LogP contribution is -2.04. The number of nitrogens with two attached hydrogens (primary N) is 1. The van der Waals surface area contributed by atoms with Crippen molar-refractivity contribution < 1.29 is 19.1 Å². The van der Waals surface area contributed by atoms with Crippen LogP contribution in [0.1, 0.15) is 15.9 Å². The molecule has 140 valence electrons. The Kier molecular flexibility index (Phi) is 4.82. The van der Waals surface area contributed by atoms with Gasteiger partial charge in [-0.25, -0.2) is 9.78 Å². The first-order valence-electron chi connectivity index (χ1n) is 8.44. The second kappa shape index (κ2) is 7.58. The largest absolute Gasteiger partial charge is 0.478 e. The van der Waals surface area contributed by atoms with Crippen LogP contribution in [0.4, 0.5) is 5.69 Å². The summed E-state index contributed by atoms with van der Waals surface area (Å²) in [5.41, 5.74) is 10.1. The lowest BCUT2D eigenvalue weighted by Gasteiger charge is -2.13. The average molecular weight is 392 g/mol. The zero-order chi connectivity index (χ0) is 19.5. The molecule has 0 radical (unpaired) electrons. The van der Waals surface area contributed by atoms with E-state index < -0.39 is 5.97 Å². The molecule has 0 bridgehead atoms. The first-order chi connectivity index (χ1) is 13.6. The lowest BCUT2D eigenvalue weighted by atomic mass is 10.1. The minimum atomic E-state index is -0.968. The van der Waals surface area contributed by atoms with Gasteiger partial charge in [-0.3, -0.25) is 0 Å². The average Bonchev–Trinajstić information content (AvgIpc) is 3.41. The van der Waals surface area contributed by atoms with Crippen molar-refractivity contribution in [2.75, 3.05) is 5.73 Å². The van der Waals surface area contributed by atoms with Gasteiger partial charge in [0.25, 0.3) is 0 Å². The molecular formula is C21H16N2O4S. The second-order valence-corrected chi connectivity index (χ2v) is 6.83. The molecule has 0 aliphatic carbocycles. The number of nitrogens with zero attached hydrogens (tertiary/aromatic N) is 1. The minimum absolute atomic E-state index is 0.210. The molecule has 4 rings (SSSR count). The molecule has 0 amide bonds. The van der Waals surface area contributed by atoms with E-state index in [9.17, 15) is 4.79 Å². The summed E-state index contributed by atoms with van der Waals surface area (Å²) in [6.07, 6.45) is 1.59. The molecule has 0 saturated carbocycles. The third-order valence-corrected chi connectivity index (χ3v) is 4.89. The monoisotopic (exact) mass is 392 g/mol. The summed E-state index contributed by atoms with van der Waals surface area (Å²) in [6.45, 7) is 0.210. The van der Waals surface area contributed by atoms with Crippen LogP contribution < -0.4 is 10.5 Å². The molecule has 3 heterocycles. The van der Waals surface area contributed by atoms with Crippen molar-refractivity contribution in [1.82, 2.24) is 4.98 Å². The molecule has 7 heteroatoms. The highest BCUT2D eigenvalue weighted by Gasteiger charge is 2.16. The maximum absolute atomic E-state index is 11.0. The summed E-state index contributed by atoms with van der Waals surface area (Å²) >= 11 is 1.58. The standard InChI is InChI=1S/C21H16N2O4S/c22-19-16(18-2-1-8-26-18)10-17(15-7-9-28-12-15)23-20(19)27-11-13-3-5-14(6-4-13)21(24)25/h1-10,12H,11,22H2,(H,24,25). The van der Waals surface area contributed by atoms with Crippen molar-refractivity contribution in [3.05, 3.63) is 76.7 Å². The number of pyridine rings is 1. The van der Waals surface area contributed by atoms with Gasteiger partial charge in [-0.1, -0.05) is 12.1 Å². The molecule has 0 atom stereocenters. The Hall–Kier alpha value is -3.58. The Morgan fingerprint density at radius 2 is 2.04 bits per heavy atom. The number of aromatic nitrogens is 1. The van der Waals surface area contributed by atoms with Gasteiger partial charge in [-0.2, -0.15) is 11.3 Å². The van der Waals surface area contributed by atoms with Crippen LogP contribution >= 0.6 is 11.3 Å². The van der Waals surface area contributed by atoms with E-state index in [2.05, 4.69) is 4.98 Å². The minimum Gasteiger partial charge on any atom is -0.478 e. The Labute approximate surface area is 164 Å². The van der Waals surface area contributed by atoms with Crippen molar-refractivity contribution in [1.29, 1.82) is 0 Å². The van der Waals surface area contributed by atoms with Crippen LogP contribution in [-0.2, 0) is 6.61 Å². The highest BCUT2D eigenvalue weighted by Crippen LogP contribution is 2.36. The number of hydrogen-bond donors (Lipinski definition) is 2. The van der Waals surface area contributed by atoms with Crippen molar-refractivity contribution in [3.8, 4) is 28.5 Å². The van der Waals surface area contributed by atoms with E-state index in [-0.39, 0.29) is 12.2 Å². The zero-order valence-corrected chi connectivity index (χ0v) is 15.5. The lowest BCUT2D eigenvalue weighted by molar-refractivity contribution is 0.0697. The molecule has 4 aromatic rings. The molecule has 6 nitrogen and oxygen atoms in total. The molecule has 0 saturated heterocycles. The quantitative estimate of drug-likeness (QED) is 0.483. The first-order valence-corrected chi connectivity index (χ1v) is 9.38. The number of thiophene rings is 1. The van der Waals surface area contributed by atoms with Crippen LogP contribution in [0.2, 0.25) is 0 Å². The highest BCUT2D eigenvalue weighted by atomic mass is 32.1. The number of carbonyl (C=O) groups is 1. The third kappa shape index (κ3) is 3.60. The number of furan rings is 1. The predicted octanol–water partition coefficient (Wildman–Crippen LogP) is 4.93. The molecule has 0 spiro atoms. The number of carboxylic acids is 1. The van der Waals surface area contributed by atoms with Gasteiger partial charge in [-0.15, -0.1) is 0 Å². The predicted molar refractivity (Wildman–Crippen MR) is 107 cm³/mol. The van der Waals surface area contributed by atoms with E-state index in [1.807, 2.05) is 29.0 Å². The fourth-order valence-electron chi connectivity index (χ4n) is 2.73. The van der Waals surface area contributed by atoms with Gasteiger partial charge in [0.1, 0.15) is 18.1 Å². The summed E-state index contributed by atoms with van der Waals surface area (Å²) < 4.78 is 11.4. The van der Waals surface area contributed by atoms with Gasteiger partial charge in [-0.05, 0) is 47.3 Å². The number of nitrogen functional groups attached to an aromatic ring is 1. The second-order valence-electron chi connectivity index (χ2n) is 6.05. The number of ether oxygens (including phenoxy) is 1. The van der Waals surface area contributed by atoms with Gasteiger partial charge in [0.2, 0.25) is 5.88 Å². The van der Waals surface area contributed by atoms with Crippen LogP contribution in [0.3, 0.4) is 0 Å². The number of carboxylic acid groups (broad SMARTS) is 1. The van der Waals surface area contributed by atoms with Gasteiger partial charge >= 0.3 is 5.97 Å². The summed E-state index contributed by atoms with van der Waals surface area (Å²) in [7, 11) is 0. The Morgan fingerprint density at radius 1 is 1.21 bits per heavy atom. The number of benzene rings is 1. The van der Waals surface area contributed by atoms with Crippen molar-refractivity contribution in [2.24, 2.45) is 0 Å². The van der Waals surface area contributed by atoms with Crippen LogP contribution in [0.5, 0.6) is 5.88 Å². The molecular weight excluding hydrogens is 376 g/mol. The number of anilines is 1. The number of rotatable bonds is 6. The number of aromatic carboxylic acids is 1. The first kappa shape index (κ1) is 17.8. The maximum atomic E-state index is 11.0. The Bertz CT molecular complexity index is 1090. The van der Waals surface area contributed by atoms with Gasteiger partial charge in [0.05, 0.1) is 17.5 Å². The smallest absolute Gasteiger partial charge is 0.335 e. The van der Waals surface area contributed by atoms with Gasteiger partial charge in [0, 0.05) is 16.5 Å². The molecule has 0 aliphatic rings. The third-order valence-electron chi connectivity index (χ3n) is 4.20. The van der Waals surface area contributed by atoms with Crippen LogP contribution in [0.25, 0.3) is 22.6 Å². The van der Waals surface area contributed by atoms with E-state index in [1.165, 1.54) is 12.1 Å². The molecule has 28 heavy (non-hydrogen) atoms. The fourth-order valence-corrected chi connectivity index (χ4v) is 3.38.